The Morgan fingerprint density at radius 1 is 1.21 bits per heavy atom. The third kappa shape index (κ3) is 4.12. The minimum atomic E-state index is -0.747. The molecule has 0 radical (unpaired) electrons. The van der Waals surface area contributed by atoms with Crippen molar-refractivity contribution in [3.05, 3.63) is 83.8 Å². The van der Waals surface area contributed by atoms with E-state index in [0.29, 0.717) is 33.4 Å². The van der Waals surface area contributed by atoms with Crippen molar-refractivity contribution in [3.63, 3.8) is 0 Å². The molecule has 2 aromatic carbocycles. The summed E-state index contributed by atoms with van der Waals surface area (Å²) in [5.41, 5.74) is 2.83. The molecular weight excluding hydrogens is 373 g/mol. The summed E-state index contributed by atoms with van der Waals surface area (Å²) in [4.78, 5) is 20.9. The van der Waals surface area contributed by atoms with Crippen LogP contribution in [0.4, 0.5) is 10.1 Å². The number of hydrogen-bond donors (Lipinski definition) is 2. The molecule has 4 rings (SSSR count). The van der Waals surface area contributed by atoms with E-state index in [1.807, 2.05) is 0 Å². The van der Waals surface area contributed by atoms with Crippen LogP contribution in [0.5, 0.6) is 0 Å². The van der Waals surface area contributed by atoms with Gasteiger partial charge < -0.3 is 10.4 Å². The lowest BCUT2D eigenvalue weighted by Gasteiger charge is -2.12. The van der Waals surface area contributed by atoms with Crippen molar-refractivity contribution in [2.24, 2.45) is 0 Å². The Bertz CT molecular complexity index is 1160. The van der Waals surface area contributed by atoms with E-state index in [9.17, 15) is 14.3 Å². The lowest BCUT2D eigenvalue weighted by atomic mass is 10.1. The molecule has 2 N–H and O–H groups in total. The average Bonchev–Trinajstić information content (AvgIpc) is 3.21. The van der Waals surface area contributed by atoms with Gasteiger partial charge in [-0.25, -0.2) is 9.37 Å². The number of aryl methyl sites for hydroxylation is 1. The van der Waals surface area contributed by atoms with Gasteiger partial charge >= 0.3 is 0 Å². The lowest BCUT2D eigenvalue weighted by Crippen LogP contribution is -2.14. The highest BCUT2D eigenvalue weighted by atomic mass is 19.1. The van der Waals surface area contributed by atoms with Crippen LogP contribution in [0.25, 0.3) is 10.9 Å². The number of aromatic nitrogens is 4. The number of amides is 1. The maximum absolute atomic E-state index is 13.5. The van der Waals surface area contributed by atoms with E-state index in [1.54, 1.807) is 48.0 Å². The van der Waals surface area contributed by atoms with Crippen molar-refractivity contribution in [2.75, 3.05) is 5.32 Å². The second-order valence-corrected chi connectivity index (χ2v) is 6.67. The molecule has 0 saturated heterocycles. The van der Waals surface area contributed by atoms with Crippen molar-refractivity contribution >= 4 is 22.5 Å². The van der Waals surface area contributed by atoms with Gasteiger partial charge in [-0.3, -0.25) is 14.5 Å². The zero-order valence-electron chi connectivity index (χ0n) is 15.6. The second-order valence-electron chi connectivity index (χ2n) is 6.67. The first kappa shape index (κ1) is 18.7. The van der Waals surface area contributed by atoms with Gasteiger partial charge in [0.1, 0.15) is 18.5 Å². The number of benzene rings is 2. The Morgan fingerprint density at radius 3 is 2.72 bits per heavy atom. The van der Waals surface area contributed by atoms with E-state index in [4.69, 9.17) is 0 Å². The summed E-state index contributed by atoms with van der Waals surface area (Å²) in [5.74, 6) is -0.716. The zero-order chi connectivity index (χ0) is 20.4. The number of carbonyl (C=O) groups excluding carboxylic acids is 1. The molecule has 0 aliphatic carbocycles. The number of nitrogens with zero attached hydrogens (tertiary/aromatic N) is 4. The van der Waals surface area contributed by atoms with Crippen LogP contribution < -0.4 is 5.32 Å². The third-order valence-electron chi connectivity index (χ3n) is 4.59. The zero-order valence-corrected chi connectivity index (χ0v) is 15.6. The number of fused-ring (bicyclic) bond motifs is 1. The predicted octanol–water partition coefficient (Wildman–Crippen LogP) is 3.26. The standard InChI is InChI=1S/C21H18FN5O2/c1-13-18(9-15-8-16(22)4-7-19(15)25-13)21(29)26-17-5-2-14(3-6-17)20(28)10-27-12-23-11-24-27/h2-9,11-12,20,28H,10H2,1H3,(H,26,29). The minimum absolute atomic E-state index is 0.282. The summed E-state index contributed by atoms with van der Waals surface area (Å²) < 4.78 is 15.0. The van der Waals surface area contributed by atoms with E-state index >= 15 is 0 Å². The van der Waals surface area contributed by atoms with Crippen LogP contribution in [-0.2, 0) is 6.54 Å². The number of nitrogens with one attached hydrogen (secondary N) is 1. The first-order valence-corrected chi connectivity index (χ1v) is 8.98. The van der Waals surface area contributed by atoms with E-state index < -0.39 is 6.10 Å². The monoisotopic (exact) mass is 391 g/mol. The molecule has 0 bridgehead atoms. The van der Waals surface area contributed by atoms with Crippen molar-refractivity contribution in [2.45, 2.75) is 19.6 Å². The molecule has 4 aromatic rings. The SMILES string of the molecule is Cc1nc2ccc(F)cc2cc1C(=O)Nc1ccc(C(O)Cn2cncn2)cc1. The maximum Gasteiger partial charge on any atom is 0.257 e. The molecule has 1 amide bonds. The molecule has 1 atom stereocenters. The van der Waals surface area contributed by atoms with Crippen LogP contribution in [0.3, 0.4) is 0 Å². The smallest absolute Gasteiger partial charge is 0.257 e. The average molecular weight is 391 g/mol. The Morgan fingerprint density at radius 2 is 2.00 bits per heavy atom. The summed E-state index contributed by atoms with van der Waals surface area (Å²) in [7, 11) is 0. The van der Waals surface area contributed by atoms with E-state index in [-0.39, 0.29) is 18.3 Å². The summed E-state index contributed by atoms with van der Waals surface area (Å²) in [6.07, 6.45) is 2.19. The summed E-state index contributed by atoms with van der Waals surface area (Å²) in [5, 5.41) is 17.6. The summed E-state index contributed by atoms with van der Waals surface area (Å²) >= 11 is 0. The van der Waals surface area contributed by atoms with Gasteiger partial charge in [-0.15, -0.1) is 0 Å². The molecule has 7 nitrogen and oxygen atoms in total. The van der Waals surface area contributed by atoms with Gasteiger partial charge in [0, 0.05) is 11.1 Å². The topological polar surface area (TPSA) is 92.9 Å². The Hall–Kier alpha value is -3.65. The highest BCUT2D eigenvalue weighted by Gasteiger charge is 2.14. The van der Waals surface area contributed by atoms with Crippen molar-refractivity contribution in [1.82, 2.24) is 19.7 Å². The van der Waals surface area contributed by atoms with Crippen LogP contribution in [0.1, 0.15) is 27.7 Å². The van der Waals surface area contributed by atoms with Crippen molar-refractivity contribution < 1.29 is 14.3 Å². The fourth-order valence-corrected chi connectivity index (χ4v) is 3.07. The summed E-state index contributed by atoms with van der Waals surface area (Å²) in [6.45, 7) is 2.02. The van der Waals surface area contributed by atoms with Crippen LogP contribution in [0.2, 0.25) is 0 Å². The van der Waals surface area contributed by atoms with Crippen molar-refractivity contribution in [1.29, 1.82) is 0 Å². The van der Waals surface area contributed by atoms with E-state index in [0.717, 1.165) is 0 Å². The Labute approximate surface area is 165 Å². The number of aliphatic hydroxyl groups is 1. The largest absolute Gasteiger partial charge is 0.386 e. The van der Waals surface area contributed by atoms with Gasteiger partial charge in [0.25, 0.3) is 5.91 Å². The summed E-state index contributed by atoms with van der Waals surface area (Å²) in [6, 6.07) is 12.8. The number of carbonyl (C=O) groups is 1. The molecule has 0 saturated carbocycles. The number of aliphatic hydroxyl groups excluding tert-OH is 1. The molecule has 29 heavy (non-hydrogen) atoms. The lowest BCUT2D eigenvalue weighted by molar-refractivity contribution is 0.102. The highest BCUT2D eigenvalue weighted by Crippen LogP contribution is 2.21. The number of anilines is 1. The molecule has 0 aliphatic heterocycles. The second kappa shape index (κ2) is 7.76. The normalized spacial score (nSPS) is 12.1. The molecule has 0 fully saturated rings. The predicted molar refractivity (Wildman–Crippen MR) is 106 cm³/mol. The highest BCUT2D eigenvalue weighted by molar-refractivity contribution is 6.06. The molecule has 1 unspecified atom stereocenters. The van der Waals surface area contributed by atoms with Gasteiger partial charge in [-0.05, 0) is 48.9 Å². The number of hydrogen-bond acceptors (Lipinski definition) is 5. The van der Waals surface area contributed by atoms with Crippen LogP contribution >= 0.6 is 0 Å². The van der Waals surface area contributed by atoms with Gasteiger partial charge in [0.2, 0.25) is 0 Å². The molecule has 146 valence electrons. The maximum atomic E-state index is 13.5. The third-order valence-corrected chi connectivity index (χ3v) is 4.59. The fourth-order valence-electron chi connectivity index (χ4n) is 3.07. The Kier molecular flexibility index (Phi) is 5.01. The van der Waals surface area contributed by atoms with Crippen molar-refractivity contribution in [3.8, 4) is 0 Å². The van der Waals surface area contributed by atoms with Crippen LogP contribution in [0, 0.1) is 12.7 Å². The van der Waals surface area contributed by atoms with Crippen LogP contribution in [0.15, 0.2) is 61.2 Å². The van der Waals surface area contributed by atoms with Gasteiger partial charge in [-0.2, -0.15) is 5.10 Å². The molecular formula is C21H18FN5O2. The Balaban J connectivity index is 1.49. The quantitative estimate of drug-likeness (QED) is 0.545. The first-order valence-electron chi connectivity index (χ1n) is 8.98. The van der Waals surface area contributed by atoms with Gasteiger partial charge in [0.15, 0.2) is 0 Å². The van der Waals surface area contributed by atoms with E-state index in [2.05, 4.69) is 20.4 Å². The minimum Gasteiger partial charge on any atom is -0.386 e. The number of pyridine rings is 1. The van der Waals surface area contributed by atoms with Crippen LogP contribution in [-0.4, -0.2) is 30.8 Å². The molecule has 0 aliphatic rings. The fraction of sp³-hybridized carbons (Fsp3) is 0.143. The molecule has 0 spiro atoms. The first-order chi connectivity index (χ1) is 14.0. The van der Waals surface area contributed by atoms with Gasteiger partial charge in [-0.1, -0.05) is 12.1 Å². The number of rotatable bonds is 5. The number of halogens is 1. The molecule has 2 aromatic heterocycles. The molecule has 8 heteroatoms. The van der Waals surface area contributed by atoms with E-state index in [1.165, 1.54) is 24.8 Å². The van der Waals surface area contributed by atoms with Gasteiger partial charge in [0.05, 0.1) is 29.4 Å². The molecule has 2 heterocycles.